The summed E-state index contributed by atoms with van der Waals surface area (Å²) in [6.07, 6.45) is 3.41. The predicted octanol–water partition coefficient (Wildman–Crippen LogP) is 2.36. The normalized spacial score (nSPS) is 19.3. The topological polar surface area (TPSA) is 35.5 Å². The minimum Gasteiger partial charge on any atom is -0.380 e. The monoisotopic (exact) mass is 226 g/mol. The van der Waals surface area contributed by atoms with E-state index >= 15 is 0 Å². The van der Waals surface area contributed by atoms with Crippen molar-refractivity contribution < 1.29 is 14.3 Å². The Bertz CT molecular complexity index is 264. The molecule has 1 heterocycles. The van der Waals surface area contributed by atoms with Crippen LogP contribution in [0.5, 0.6) is 0 Å². The van der Waals surface area contributed by atoms with Gasteiger partial charge < -0.3 is 9.47 Å². The van der Waals surface area contributed by atoms with Crippen LogP contribution in [-0.4, -0.2) is 32.2 Å². The Hall–Kier alpha value is -0.670. The Balaban J connectivity index is 2.17. The molecule has 0 saturated carbocycles. The van der Waals surface area contributed by atoms with Crippen molar-refractivity contribution in [2.24, 2.45) is 5.41 Å². The summed E-state index contributed by atoms with van der Waals surface area (Å²) in [7, 11) is 0. The first-order valence-corrected chi connectivity index (χ1v) is 5.93. The van der Waals surface area contributed by atoms with Crippen LogP contribution in [0.2, 0.25) is 0 Å². The van der Waals surface area contributed by atoms with Crippen LogP contribution < -0.4 is 0 Å². The van der Waals surface area contributed by atoms with E-state index in [1.54, 1.807) is 0 Å². The van der Waals surface area contributed by atoms with Crippen molar-refractivity contribution in [3.05, 3.63) is 11.6 Å². The van der Waals surface area contributed by atoms with Gasteiger partial charge in [0.2, 0.25) is 0 Å². The highest BCUT2D eigenvalue weighted by atomic mass is 16.5. The molecule has 3 heteroatoms. The van der Waals surface area contributed by atoms with Crippen LogP contribution in [0, 0.1) is 5.41 Å². The van der Waals surface area contributed by atoms with Gasteiger partial charge in [-0.3, -0.25) is 4.79 Å². The molecule has 0 unspecified atom stereocenters. The third kappa shape index (κ3) is 4.06. The molecule has 0 amide bonds. The summed E-state index contributed by atoms with van der Waals surface area (Å²) in [6, 6.07) is 0. The SMILES string of the molecule is CCCC(=O)C(C)=CCOCC1(C)COC1. The van der Waals surface area contributed by atoms with E-state index in [0.29, 0.717) is 19.6 Å². The van der Waals surface area contributed by atoms with Crippen LogP contribution in [0.1, 0.15) is 33.6 Å². The molecule has 1 rings (SSSR count). The lowest BCUT2D eigenvalue weighted by atomic mass is 9.90. The molecule has 16 heavy (non-hydrogen) atoms. The minimum absolute atomic E-state index is 0.190. The first kappa shape index (κ1) is 13.4. The molecule has 3 nitrogen and oxygen atoms in total. The average Bonchev–Trinajstić information content (AvgIpc) is 2.22. The van der Waals surface area contributed by atoms with Crippen molar-refractivity contribution >= 4 is 5.78 Å². The molecule has 1 saturated heterocycles. The Morgan fingerprint density at radius 3 is 2.69 bits per heavy atom. The maximum Gasteiger partial charge on any atom is 0.158 e. The van der Waals surface area contributed by atoms with Gasteiger partial charge in [0.25, 0.3) is 0 Å². The predicted molar refractivity (Wildman–Crippen MR) is 63.4 cm³/mol. The third-order valence-corrected chi connectivity index (χ3v) is 2.78. The van der Waals surface area contributed by atoms with Gasteiger partial charge in [0.15, 0.2) is 5.78 Å². The molecule has 92 valence electrons. The van der Waals surface area contributed by atoms with Gasteiger partial charge in [-0.15, -0.1) is 0 Å². The van der Waals surface area contributed by atoms with E-state index in [1.165, 1.54) is 0 Å². The Morgan fingerprint density at radius 1 is 1.50 bits per heavy atom. The lowest BCUT2D eigenvalue weighted by Gasteiger charge is -2.37. The Labute approximate surface area is 97.8 Å². The molecule has 0 N–H and O–H groups in total. The van der Waals surface area contributed by atoms with Crippen molar-refractivity contribution in [3.8, 4) is 0 Å². The maximum absolute atomic E-state index is 11.5. The van der Waals surface area contributed by atoms with Crippen molar-refractivity contribution in [1.29, 1.82) is 0 Å². The quantitative estimate of drug-likeness (QED) is 0.494. The molecular formula is C13H22O3. The van der Waals surface area contributed by atoms with E-state index in [1.807, 2.05) is 19.9 Å². The highest BCUT2D eigenvalue weighted by molar-refractivity contribution is 5.94. The summed E-state index contributed by atoms with van der Waals surface area (Å²) in [4.78, 5) is 11.5. The summed E-state index contributed by atoms with van der Waals surface area (Å²) in [5, 5.41) is 0. The highest BCUT2D eigenvalue weighted by Gasteiger charge is 2.33. The summed E-state index contributed by atoms with van der Waals surface area (Å²) < 4.78 is 10.7. The molecule has 0 aromatic carbocycles. The Morgan fingerprint density at radius 2 is 2.19 bits per heavy atom. The van der Waals surface area contributed by atoms with Gasteiger partial charge in [-0.05, 0) is 18.9 Å². The van der Waals surface area contributed by atoms with Crippen LogP contribution in [-0.2, 0) is 14.3 Å². The lowest BCUT2D eigenvalue weighted by molar-refractivity contribution is -0.135. The Kier molecular flexibility index (Phi) is 5.16. The standard InChI is InChI=1S/C13H22O3/c1-4-5-12(14)11(2)6-7-15-8-13(3)9-16-10-13/h6H,4-5,7-10H2,1-3H3. The van der Waals surface area contributed by atoms with E-state index in [9.17, 15) is 4.79 Å². The number of hydrogen-bond acceptors (Lipinski definition) is 3. The fourth-order valence-corrected chi connectivity index (χ4v) is 1.56. The zero-order valence-electron chi connectivity index (χ0n) is 10.5. The smallest absolute Gasteiger partial charge is 0.158 e. The van der Waals surface area contributed by atoms with Gasteiger partial charge in [0.1, 0.15) is 0 Å². The molecule has 0 spiro atoms. The van der Waals surface area contributed by atoms with E-state index in [-0.39, 0.29) is 11.2 Å². The van der Waals surface area contributed by atoms with E-state index in [2.05, 4.69) is 6.92 Å². The van der Waals surface area contributed by atoms with E-state index < -0.39 is 0 Å². The van der Waals surface area contributed by atoms with Crippen LogP contribution in [0.15, 0.2) is 11.6 Å². The lowest BCUT2D eigenvalue weighted by Crippen LogP contribution is -2.43. The van der Waals surface area contributed by atoms with Crippen LogP contribution in [0.4, 0.5) is 0 Å². The molecule has 0 bridgehead atoms. The first-order chi connectivity index (χ1) is 7.57. The number of ketones is 1. The molecule has 1 aliphatic rings. The molecule has 0 aliphatic carbocycles. The molecule has 0 aromatic heterocycles. The van der Waals surface area contributed by atoms with Crippen molar-refractivity contribution in [1.82, 2.24) is 0 Å². The molecular weight excluding hydrogens is 204 g/mol. The zero-order valence-corrected chi connectivity index (χ0v) is 10.5. The van der Waals surface area contributed by atoms with Crippen LogP contribution >= 0.6 is 0 Å². The second-order valence-corrected chi connectivity index (χ2v) is 4.88. The largest absolute Gasteiger partial charge is 0.380 e. The van der Waals surface area contributed by atoms with Crippen molar-refractivity contribution in [2.75, 3.05) is 26.4 Å². The van der Waals surface area contributed by atoms with Crippen LogP contribution in [0.25, 0.3) is 0 Å². The number of Topliss-reactive ketones (excluding diaryl/α,β-unsaturated/α-hetero) is 1. The summed E-state index contributed by atoms with van der Waals surface area (Å²) in [6.45, 7) is 8.81. The summed E-state index contributed by atoms with van der Waals surface area (Å²) in [5.74, 6) is 0.226. The highest BCUT2D eigenvalue weighted by Crippen LogP contribution is 2.26. The van der Waals surface area contributed by atoms with Gasteiger partial charge in [0, 0.05) is 11.8 Å². The fourth-order valence-electron chi connectivity index (χ4n) is 1.56. The number of ether oxygens (including phenoxy) is 2. The number of hydrogen-bond donors (Lipinski definition) is 0. The molecule has 1 aliphatic heterocycles. The van der Waals surface area contributed by atoms with Crippen LogP contribution in [0.3, 0.4) is 0 Å². The summed E-state index contributed by atoms with van der Waals surface area (Å²) >= 11 is 0. The van der Waals surface area contributed by atoms with Gasteiger partial charge in [-0.1, -0.05) is 19.9 Å². The molecule has 0 radical (unpaired) electrons. The van der Waals surface area contributed by atoms with E-state index in [0.717, 1.165) is 25.2 Å². The maximum atomic E-state index is 11.5. The number of carbonyl (C=O) groups excluding carboxylic acids is 1. The fraction of sp³-hybridized carbons (Fsp3) is 0.769. The molecule has 0 aromatic rings. The molecule has 1 fully saturated rings. The minimum atomic E-state index is 0.190. The van der Waals surface area contributed by atoms with Crippen molar-refractivity contribution in [3.63, 3.8) is 0 Å². The number of carbonyl (C=O) groups is 1. The zero-order chi connectivity index (χ0) is 12.0. The van der Waals surface area contributed by atoms with Gasteiger partial charge in [-0.2, -0.15) is 0 Å². The number of rotatable bonds is 7. The van der Waals surface area contributed by atoms with E-state index in [4.69, 9.17) is 9.47 Å². The van der Waals surface area contributed by atoms with Gasteiger partial charge in [0.05, 0.1) is 26.4 Å². The number of allylic oxidation sites excluding steroid dienone is 1. The second-order valence-electron chi connectivity index (χ2n) is 4.88. The second kappa shape index (κ2) is 6.16. The third-order valence-electron chi connectivity index (χ3n) is 2.78. The molecule has 0 atom stereocenters. The van der Waals surface area contributed by atoms with Gasteiger partial charge >= 0.3 is 0 Å². The van der Waals surface area contributed by atoms with Crippen molar-refractivity contribution in [2.45, 2.75) is 33.6 Å². The average molecular weight is 226 g/mol. The first-order valence-electron chi connectivity index (χ1n) is 5.93. The van der Waals surface area contributed by atoms with Gasteiger partial charge in [-0.25, -0.2) is 0 Å². The summed E-state index contributed by atoms with van der Waals surface area (Å²) in [5.41, 5.74) is 1.01.